The third-order valence-corrected chi connectivity index (χ3v) is 3.34. The minimum absolute atomic E-state index is 0.113. The van der Waals surface area contributed by atoms with Crippen molar-refractivity contribution in [3.05, 3.63) is 29.8 Å². The van der Waals surface area contributed by atoms with Crippen molar-refractivity contribution >= 4 is 18.0 Å². The van der Waals surface area contributed by atoms with E-state index in [2.05, 4.69) is 4.74 Å². The first kappa shape index (κ1) is 21.4. The van der Waals surface area contributed by atoms with Crippen LogP contribution < -0.4 is 4.74 Å². The Hall–Kier alpha value is -2.66. The molecule has 1 aromatic carbocycles. The second-order valence-electron chi connectivity index (χ2n) is 5.19. The first-order valence-electron chi connectivity index (χ1n) is 7.34. The summed E-state index contributed by atoms with van der Waals surface area (Å²) in [6.07, 6.45) is -6.08. The van der Waals surface area contributed by atoms with Crippen LogP contribution in [-0.4, -0.2) is 80.7 Å². The second kappa shape index (κ2) is 9.73. The highest BCUT2D eigenvalue weighted by Gasteiger charge is 2.38. The number of phenolic OH excluding ortho intramolecular Hbond substituents is 1. The van der Waals surface area contributed by atoms with Crippen molar-refractivity contribution in [2.45, 2.75) is 24.4 Å². The Morgan fingerprint density at radius 3 is 2.38 bits per heavy atom. The second-order valence-corrected chi connectivity index (χ2v) is 5.19. The molecule has 0 bridgehead atoms. The van der Waals surface area contributed by atoms with Crippen LogP contribution in [0.4, 0.5) is 0 Å². The molecule has 4 atom stereocenters. The standard InChI is InChI=1S/C16H20O10/c1-25-11-6-8(2-4-9(11)18)3-5-12(20)26-15(16(23)24)14(22)13(21)10(19)7-17/h2-6,10,13-15,17-19,21-22H,7H2,1H3,(H,23,24)/b5-3+/t10-,13-,14+,15-/m1/s1. The van der Waals surface area contributed by atoms with Gasteiger partial charge >= 0.3 is 11.9 Å². The highest BCUT2D eigenvalue weighted by atomic mass is 16.6. The van der Waals surface area contributed by atoms with Crippen molar-refractivity contribution in [1.82, 2.24) is 0 Å². The van der Waals surface area contributed by atoms with Gasteiger partial charge in [-0.25, -0.2) is 9.59 Å². The first-order valence-corrected chi connectivity index (χ1v) is 7.34. The topological polar surface area (TPSA) is 174 Å². The van der Waals surface area contributed by atoms with Gasteiger partial charge in [0.05, 0.1) is 13.7 Å². The maximum Gasteiger partial charge on any atom is 0.347 e. The van der Waals surface area contributed by atoms with E-state index in [0.29, 0.717) is 5.56 Å². The average Bonchev–Trinajstić information content (AvgIpc) is 2.63. The SMILES string of the molecule is COc1cc(/C=C/C(=O)O[C@@H](C(=O)O)[C@@H](O)[C@H](O)[C@H](O)CO)ccc1O. The van der Waals surface area contributed by atoms with Crippen LogP contribution in [0.5, 0.6) is 11.5 Å². The zero-order valence-electron chi connectivity index (χ0n) is 13.7. The van der Waals surface area contributed by atoms with Crippen LogP contribution in [0.15, 0.2) is 24.3 Å². The number of carboxylic acids is 1. The minimum atomic E-state index is -2.17. The van der Waals surface area contributed by atoms with Gasteiger partial charge in [0.15, 0.2) is 11.5 Å². The van der Waals surface area contributed by atoms with Crippen LogP contribution in [0.2, 0.25) is 0 Å². The van der Waals surface area contributed by atoms with Crippen molar-refractivity contribution in [3.63, 3.8) is 0 Å². The van der Waals surface area contributed by atoms with Crippen LogP contribution in [-0.2, 0) is 14.3 Å². The molecule has 1 rings (SSSR count). The van der Waals surface area contributed by atoms with Gasteiger partial charge in [-0.15, -0.1) is 0 Å². The van der Waals surface area contributed by atoms with Crippen molar-refractivity contribution < 1.29 is 49.7 Å². The molecule has 0 spiro atoms. The number of carboxylic acid groups (broad SMARTS) is 1. The lowest BCUT2D eigenvalue weighted by molar-refractivity contribution is -0.179. The third-order valence-electron chi connectivity index (χ3n) is 3.34. The van der Waals surface area contributed by atoms with Crippen molar-refractivity contribution in [2.75, 3.05) is 13.7 Å². The van der Waals surface area contributed by atoms with E-state index >= 15 is 0 Å². The molecule has 144 valence electrons. The molecule has 0 aliphatic rings. The van der Waals surface area contributed by atoms with Gasteiger partial charge in [-0.2, -0.15) is 0 Å². The number of hydrogen-bond acceptors (Lipinski definition) is 9. The van der Waals surface area contributed by atoms with E-state index in [1.165, 1.54) is 31.4 Å². The summed E-state index contributed by atoms with van der Waals surface area (Å²) in [4.78, 5) is 22.9. The molecule has 0 saturated carbocycles. The summed E-state index contributed by atoms with van der Waals surface area (Å²) in [6, 6.07) is 4.18. The highest BCUT2D eigenvalue weighted by molar-refractivity contribution is 5.89. The minimum Gasteiger partial charge on any atom is -0.504 e. The Morgan fingerprint density at radius 1 is 1.19 bits per heavy atom. The molecule has 26 heavy (non-hydrogen) atoms. The zero-order valence-corrected chi connectivity index (χ0v) is 13.7. The van der Waals surface area contributed by atoms with Gasteiger partial charge in [0, 0.05) is 6.08 Å². The molecular weight excluding hydrogens is 352 g/mol. The molecule has 0 heterocycles. The van der Waals surface area contributed by atoms with Gasteiger partial charge in [0.1, 0.15) is 18.3 Å². The quantitative estimate of drug-likeness (QED) is 0.221. The average molecular weight is 372 g/mol. The zero-order chi connectivity index (χ0) is 19.9. The lowest BCUT2D eigenvalue weighted by Crippen LogP contribution is -2.50. The number of carbonyl (C=O) groups is 2. The Bertz CT molecular complexity index is 656. The van der Waals surface area contributed by atoms with E-state index in [-0.39, 0.29) is 11.5 Å². The fourth-order valence-electron chi connectivity index (χ4n) is 1.91. The molecule has 0 aliphatic carbocycles. The summed E-state index contributed by atoms with van der Waals surface area (Å²) in [7, 11) is 1.34. The van der Waals surface area contributed by atoms with Crippen molar-refractivity contribution in [3.8, 4) is 11.5 Å². The summed E-state index contributed by atoms with van der Waals surface area (Å²) in [5.74, 6) is -2.86. The number of rotatable bonds is 9. The number of aliphatic hydroxyl groups is 4. The van der Waals surface area contributed by atoms with E-state index in [1.54, 1.807) is 0 Å². The largest absolute Gasteiger partial charge is 0.504 e. The van der Waals surface area contributed by atoms with Crippen LogP contribution in [0.25, 0.3) is 6.08 Å². The summed E-state index contributed by atoms with van der Waals surface area (Å²) >= 11 is 0. The normalized spacial score (nSPS) is 15.9. The van der Waals surface area contributed by atoms with Gasteiger partial charge in [0.25, 0.3) is 0 Å². The van der Waals surface area contributed by atoms with E-state index in [9.17, 15) is 30.0 Å². The molecule has 0 radical (unpaired) electrons. The van der Waals surface area contributed by atoms with Gasteiger partial charge in [0.2, 0.25) is 6.10 Å². The van der Waals surface area contributed by atoms with Crippen molar-refractivity contribution in [2.24, 2.45) is 0 Å². The van der Waals surface area contributed by atoms with Gasteiger partial charge in [-0.3, -0.25) is 0 Å². The lowest BCUT2D eigenvalue weighted by Gasteiger charge is -2.25. The Morgan fingerprint density at radius 2 is 1.85 bits per heavy atom. The molecular formula is C16H20O10. The number of aromatic hydroxyl groups is 1. The van der Waals surface area contributed by atoms with Crippen LogP contribution in [0.1, 0.15) is 5.56 Å². The van der Waals surface area contributed by atoms with Gasteiger partial charge in [-0.1, -0.05) is 6.07 Å². The highest BCUT2D eigenvalue weighted by Crippen LogP contribution is 2.26. The number of ether oxygens (including phenoxy) is 2. The number of carbonyl (C=O) groups excluding carboxylic acids is 1. The Kier molecular flexibility index (Phi) is 8.00. The van der Waals surface area contributed by atoms with E-state index in [1.807, 2.05) is 0 Å². The summed E-state index contributed by atoms with van der Waals surface area (Å²) < 4.78 is 9.48. The summed E-state index contributed by atoms with van der Waals surface area (Å²) in [6.45, 7) is -0.929. The third kappa shape index (κ3) is 5.70. The fourth-order valence-corrected chi connectivity index (χ4v) is 1.91. The number of hydrogen-bond donors (Lipinski definition) is 6. The molecule has 1 aromatic rings. The van der Waals surface area contributed by atoms with Crippen LogP contribution >= 0.6 is 0 Å². The maximum absolute atomic E-state index is 11.8. The summed E-state index contributed by atoms with van der Waals surface area (Å²) in [5.41, 5.74) is 0.430. The van der Waals surface area contributed by atoms with Crippen LogP contribution in [0.3, 0.4) is 0 Å². The molecule has 10 nitrogen and oxygen atoms in total. The Labute approximate surface area is 148 Å². The van der Waals surface area contributed by atoms with E-state index in [0.717, 1.165) is 6.08 Å². The fraction of sp³-hybridized carbons (Fsp3) is 0.375. The lowest BCUT2D eigenvalue weighted by atomic mass is 10.0. The molecule has 6 N–H and O–H groups in total. The number of benzene rings is 1. The summed E-state index contributed by atoms with van der Waals surface area (Å²) in [5, 5.41) is 55.7. The number of esters is 1. The van der Waals surface area contributed by atoms with E-state index in [4.69, 9.17) is 14.9 Å². The maximum atomic E-state index is 11.8. The number of methoxy groups -OCH3 is 1. The number of aliphatic carboxylic acids is 1. The molecule has 0 saturated heterocycles. The predicted octanol–water partition coefficient (Wildman–Crippen LogP) is -1.51. The van der Waals surface area contributed by atoms with Crippen LogP contribution in [0, 0.1) is 0 Å². The first-order chi connectivity index (χ1) is 12.2. The van der Waals surface area contributed by atoms with E-state index < -0.39 is 43.0 Å². The van der Waals surface area contributed by atoms with Gasteiger partial charge < -0.3 is 40.1 Å². The molecule has 0 fully saturated rings. The van der Waals surface area contributed by atoms with Crippen molar-refractivity contribution in [1.29, 1.82) is 0 Å². The number of aliphatic hydroxyl groups excluding tert-OH is 4. The smallest absolute Gasteiger partial charge is 0.347 e. The molecule has 0 aromatic heterocycles. The Balaban J connectivity index is 2.83. The monoisotopic (exact) mass is 372 g/mol. The molecule has 0 amide bonds. The van der Waals surface area contributed by atoms with Gasteiger partial charge in [-0.05, 0) is 23.8 Å². The number of phenols is 1. The predicted molar refractivity (Wildman–Crippen MR) is 86.3 cm³/mol. The molecule has 0 unspecified atom stereocenters. The molecule has 0 aliphatic heterocycles. The molecule has 10 heteroatoms.